The van der Waals surface area contributed by atoms with Crippen LogP contribution >= 0.6 is 0 Å². The summed E-state index contributed by atoms with van der Waals surface area (Å²) in [6.45, 7) is 7.54. The van der Waals surface area contributed by atoms with Crippen LogP contribution in [0.5, 0.6) is 0 Å². The van der Waals surface area contributed by atoms with Gasteiger partial charge in [-0.15, -0.1) is 0 Å². The molecule has 4 rings (SSSR count). The summed E-state index contributed by atoms with van der Waals surface area (Å²) in [5, 5.41) is 13.5. The fourth-order valence-electron chi connectivity index (χ4n) is 3.92. The zero-order valence-electron chi connectivity index (χ0n) is 15.5. The Hall–Kier alpha value is -1.97. The third-order valence-corrected chi connectivity index (χ3v) is 5.46. The molecule has 9 nitrogen and oxygen atoms in total. The Morgan fingerprint density at radius 3 is 2.88 bits per heavy atom. The minimum absolute atomic E-state index is 0.233. The molecule has 0 amide bonds. The molecule has 3 unspecified atom stereocenters. The number of imidazole rings is 1. The van der Waals surface area contributed by atoms with E-state index in [0.717, 1.165) is 36.6 Å². The highest BCUT2D eigenvalue weighted by Crippen LogP contribution is 2.27. The lowest BCUT2D eigenvalue weighted by Crippen LogP contribution is -2.50. The first-order valence-corrected chi connectivity index (χ1v) is 9.18. The van der Waals surface area contributed by atoms with Crippen LogP contribution in [0.4, 0.5) is 5.82 Å². The van der Waals surface area contributed by atoms with Crippen LogP contribution in [-0.4, -0.2) is 68.7 Å². The summed E-state index contributed by atoms with van der Waals surface area (Å²) in [6.07, 6.45) is -0.130. The average molecular weight is 362 g/mol. The molecule has 0 bridgehead atoms. The summed E-state index contributed by atoms with van der Waals surface area (Å²) in [5.74, 6) is 1.43. The van der Waals surface area contributed by atoms with Crippen LogP contribution in [0.15, 0.2) is 4.79 Å². The lowest BCUT2D eigenvalue weighted by atomic mass is 10.2. The normalized spacial score (nSPS) is 26.8. The van der Waals surface area contributed by atoms with E-state index in [0.29, 0.717) is 25.4 Å². The summed E-state index contributed by atoms with van der Waals surface area (Å²) < 4.78 is 9.16. The van der Waals surface area contributed by atoms with Crippen molar-refractivity contribution >= 4 is 17.0 Å². The van der Waals surface area contributed by atoms with Crippen LogP contribution in [0.2, 0.25) is 0 Å². The van der Waals surface area contributed by atoms with Gasteiger partial charge in [0.25, 0.3) is 0 Å². The monoisotopic (exact) mass is 362 g/mol. The third kappa shape index (κ3) is 2.80. The standard InChI is InChI=1S/C17H26N6O3/c1-10-8-18-5-6-22(10)15-14-16(21(3)17(25)20-15)23(11(2)19-14)9-13-12(24)4-7-26-13/h10,12-13,18,24H,4-9H2,1-3H3. The molecule has 0 radical (unpaired) electrons. The fourth-order valence-corrected chi connectivity index (χ4v) is 3.92. The molecule has 2 aromatic heterocycles. The first-order valence-electron chi connectivity index (χ1n) is 9.18. The minimum Gasteiger partial charge on any atom is -0.390 e. The molecule has 0 spiro atoms. The van der Waals surface area contributed by atoms with Gasteiger partial charge in [0, 0.05) is 39.3 Å². The number of hydrogen-bond donors (Lipinski definition) is 2. The number of ether oxygens (including phenoxy) is 1. The molecule has 2 fully saturated rings. The van der Waals surface area contributed by atoms with Crippen molar-refractivity contribution in [2.24, 2.45) is 7.05 Å². The zero-order chi connectivity index (χ0) is 18.4. The minimum atomic E-state index is -0.488. The molecule has 0 aliphatic carbocycles. The molecule has 4 heterocycles. The van der Waals surface area contributed by atoms with E-state index >= 15 is 0 Å². The van der Waals surface area contributed by atoms with Gasteiger partial charge in [0.15, 0.2) is 5.82 Å². The highest BCUT2D eigenvalue weighted by atomic mass is 16.5. The number of fused-ring (bicyclic) bond motifs is 1. The van der Waals surface area contributed by atoms with E-state index in [9.17, 15) is 9.90 Å². The maximum Gasteiger partial charge on any atom is 0.350 e. The van der Waals surface area contributed by atoms with Crippen molar-refractivity contribution in [1.82, 2.24) is 24.4 Å². The van der Waals surface area contributed by atoms with E-state index in [-0.39, 0.29) is 17.8 Å². The van der Waals surface area contributed by atoms with Crippen molar-refractivity contribution in [2.45, 2.75) is 45.1 Å². The lowest BCUT2D eigenvalue weighted by Gasteiger charge is -2.34. The molecule has 9 heteroatoms. The number of anilines is 1. The molecule has 142 valence electrons. The van der Waals surface area contributed by atoms with Crippen molar-refractivity contribution in [3.05, 3.63) is 16.3 Å². The molecule has 2 aromatic rings. The van der Waals surface area contributed by atoms with Gasteiger partial charge in [-0.3, -0.25) is 4.57 Å². The SMILES string of the molecule is Cc1nc2c(N3CCNCC3C)nc(=O)n(C)c2n1CC1OCCC1O. The number of piperazine rings is 1. The topological polar surface area (TPSA) is 97.4 Å². The molecule has 0 saturated carbocycles. The van der Waals surface area contributed by atoms with Gasteiger partial charge in [-0.25, -0.2) is 9.78 Å². The number of aliphatic hydroxyl groups is 1. The second-order valence-electron chi connectivity index (χ2n) is 7.23. The summed E-state index contributed by atoms with van der Waals surface area (Å²) in [6, 6.07) is 0.233. The second-order valence-corrected chi connectivity index (χ2v) is 7.23. The van der Waals surface area contributed by atoms with Crippen molar-refractivity contribution in [2.75, 3.05) is 31.1 Å². The molecular formula is C17H26N6O3. The first-order chi connectivity index (χ1) is 12.5. The van der Waals surface area contributed by atoms with Gasteiger partial charge < -0.3 is 24.6 Å². The second kappa shape index (κ2) is 6.64. The number of rotatable bonds is 3. The first kappa shape index (κ1) is 17.4. The van der Waals surface area contributed by atoms with E-state index in [2.05, 4.69) is 22.1 Å². The Labute approximate surface area is 151 Å². The van der Waals surface area contributed by atoms with Crippen molar-refractivity contribution in [1.29, 1.82) is 0 Å². The van der Waals surface area contributed by atoms with Crippen molar-refractivity contribution in [3.63, 3.8) is 0 Å². The molecule has 2 aliphatic heterocycles. The molecule has 2 aliphatic rings. The van der Waals surface area contributed by atoms with E-state index in [4.69, 9.17) is 9.72 Å². The van der Waals surface area contributed by atoms with Gasteiger partial charge in [0.2, 0.25) is 0 Å². The Morgan fingerprint density at radius 2 is 2.19 bits per heavy atom. The largest absolute Gasteiger partial charge is 0.390 e. The van der Waals surface area contributed by atoms with Gasteiger partial charge in [0.05, 0.1) is 12.6 Å². The third-order valence-electron chi connectivity index (χ3n) is 5.46. The number of hydrogen-bond acceptors (Lipinski definition) is 7. The predicted octanol–water partition coefficient (Wildman–Crippen LogP) is -0.614. The van der Waals surface area contributed by atoms with Crippen LogP contribution in [0.1, 0.15) is 19.2 Å². The number of aromatic nitrogens is 4. The van der Waals surface area contributed by atoms with E-state index in [1.165, 1.54) is 4.57 Å². The van der Waals surface area contributed by atoms with Crippen molar-refractivity contribution < 1.29 is 9.84 Å². The van der Waals surface area contributed by atoms with Crippen LogP contribution in [-0.2, 0) is 18.3 Å². The van der Waals surface area contributed by atoms with Gasteiger partial charge in [-0.1, -0.05) is 0 Å². The Kier molecular flexibility index (Phi) is 4.45. The highest BCUT2D eigenvalue weighted by molar-refractivity contribution is 5.84. The fraction of sp³-hybridized carbons (Fsp3) is 0.706. The highest BCUT2D eigenvalue weighted by Gasteiger charge is 2.30. The van der Waals surface area contributed by atoms with Gasteiger partial charge in [-0.2, -0.15) is 4.98 Å². The predicted molar refractivity (Wildman–Crippen MR) is 97.5 cm³/mol. The Balaban J connectivity index is 1.84. The van der Waals surface area contributed by atoms with Crippen LogP contribution in [0, 0.1) is 6.92 Å². The molecule has 3 atom stereocenters. The maximum absolute atomic E-state index is 12.6. The van der Waals surface area contributed by atoms with Gasteiger partial charge >= 0.3 is 5.69 Å². The quantitative estimate of drug-likeness (QED) is 0.751. The molecule has 2 saturated heterocycles. The molecule has 0 aromatic carbocycles. The summed E-state index contributed by atoms with van der Waals surface area (Å²) in [4.78, 5) is 23.8. The summed E-state index contributed by atoms with van der Waals surface area (Å²) in [5.41, 5.74) is 1.16. The Morgan fingerprint density at radius 1 is 1.38 bits per heavy atom. The molecule has 2 N–H and O–H groups in total. The number of nitrogens with one attached hydrogen (secondary N) is 1. The summed E-state index contributed by atoms with van der Waals surface area (Å²) >= 11 is 0. The molecule has 26 heavy (non-hydrogen) atoms. The van der Waals surface area contributed by atoms with Crippen LogP contribution in [0.25, 0.3) is 11.2 Å². The lowest BCUT2D eigenvalue weighted by molar-refractivity contribution is 0.0312. The zero-order valence-corrected chi connectivity index (χ0v) is 15.5. The number of aliphatic hydroxyl groups excluding tert-OH is 1. The van der Waals surface area contributed by atoms with Crippen LogP contribution < -0.4 is 15.9 Å². The van der Waals surface area contributed by atoms with E-state index in [1.54, 1.807) is 7.05 Å². The molecular weight excluding hydrogens is 336 g/mol. The summed E-state index contributed by atoms with van der Waals surface area (Å²) in [7, 11) is 1.71. The number of aryl methyl sites for hydroxylation is 2. The van der Waals surface area contributed by atoms with Gasteiger partial charge in [-0.05, 0) is 20.3 Å². The number of nitrogens with zero attached hydrogens (tertiary/aromatic N) is 5. The van der Waals surface area contributed by atoms with Gasteiger partial charge in [0.1, 0.15) is 23.1 Å². The average Bonchev–Trinajstić information content (AvgIpc) is 3.16. The Bertz CT molecular complexity index is 875. The van der Waals surface area contributed by atoms with Crippen LogP contribution in [0.3, 0.4) is 0 Å². The van der Waals surface area contributed by atoms with Crippen molar-refractivity contribution in [3.8, 4) is 0 Å². The van der Waals surface area contributed by atoms with E-state index < -0.39 is 6.10 Å². The maximum atomic E-state index is 12.6. The smallest absolute Gasteiger partial charge is 0.350 e. The van der Waals surface area contributed by atoms with E-state index in [1.807, 2.05) is 11.5 Å².